The smallest absolute Gasteiger partial charge is 0.322 e. The standard InChI is InChI=1S/C18H25N3O2/c1-13-4-2-3-5-17(13)19-18(22)21-11-15-9-20(8-14-6-7-14)10-16(12-21)23-15/h2-5,14-16H,6-12H2,1H3,(H,19,22)/t15-,16+. The molecular weight excluding hydrogens is 290 g/mol. The molecule has 0 radical (unpaired) electrons. The third kappa shape index (κ3) is 3.51. The molecule has 2 aliphatic heterocycles. The number of anilines is 1. The van der Waals surface area contributed by atoms with Crippen molar-refractivity contribution in [3.63, 3.8) is 0 Å². The fourth-order valence-corrected chi connectivity index (χ4v) is 3.66. The molecule has 5 nitrogen and oxygen atoms in total. The van der Waals surface area contributed by atoms with Crippen LogP contribution in [-0.4, -0.2) is 60.8 Å². The van der Waals surface area contributed by atoms with Crippen molar-refractivity contribution >= 4 is 11.7 Å². The van der Waals surface area contributed by atoms with Gasteiger partial charge < -0.3 is 15.0 Å². The van der Waals surface area contributed by atoms with Gasteiger partial charge in [0, 0.05) is 38.4 Å². The van der Waals surface area contributed by atoms with E-state index in [-0.39, 0.29) is 18.2 Å². The van der Waals surface area contributed by atoms with Crippen LogP contribution in [0.25, 0.3) is 0 Å². The van der Waals surface area contributed by atoms with Crippen LogP contribution < -0.4 is 5.32 Å². The summed E-state index contributed by atoms with van der Waals surface area (Å²) in [6, 6.07) is 7.89. The van der Waals surface area contributed by atoms with E-state index in [0.717, 1.165) is 30.3 Å². The number of hydrogen-bond donors (Lipinski definition) is 1. The minimum absolute atomic E-state index is 0.00626. The molecule has 1 saturated carbocycles. The molecule has 2 bridgehead atoms. The molecule has 23 heavy (non-hydrogen) atoms. The number of amides is 2. The van der Waals surface area contributed by atoms with Crippen molar-refractivity contribution in [2.24, 2.45) is 5.92 Å². The maximum Gasteiger partial charge on any atom is 0.322 e. The molecule has 2 atom stereocenters. The molecule has 0 aromatic heterocycles. The minimum Gasteiger partial charge on any atom is -0.369 e. The second kappa shape index (κ2) is 6.13. The van der Waals surface area contributed by atoms with Gasteiger partial charge in [0.2, 0.25) is 0 Å². The lowest BCUT2D eigenvalue weighted by atomic mass is 10.1. The van der Waals surface area contributed by atoms with Crippen molar-refractivity contribution in [1.82, 2.24) is 9.80 Å². The molecule has 3 fully saturated rings. The number of urea groups is 1. The number of carbonyl (C=O) groups is 1. The van der Waals surface area contributed by atoms with Crippen LogP contribution in [0.1, 0.15) is 18.4 Å². The third-order valence-corrected chi connectivity index (χ3v) is 5.04. The monoisotopic (exact) mass is 315 g/mol. The molecule has 1 aromatic carbocycles. The Balaban J connectivity index is 1.36. The van der Waals surface area contributed by atoms with Gasteiger partial charge in [-0.1, -0.05) is 18.2 Å². The summed E-state index contributed by atoms with van der Waals surface area (Å²) < 4.78 is 6.05. The minimum atomic E-state index is -0.00626. The van der Waals surface area contributed by atoms with Crippen molar-refractivity contribution in [3.05, 3.63) is 29.8 Å². The molecule has 5 heteroatoms. The number of carbonyl (C=O) groups excluding carboxylic acids is 1. The van der Waals surface area contributed by atoms with Crippen molar-refractivity contribution in [2.75, 3.05) is 38.0 Å². The van der Waals surface area contributed by atoms with Gasteiger partial charge in [-0.25, -0.2) is 4.79 Å². The molecule has 0 spiro atoms. The molecule has 0 unspecified atom stereocenters. The molecule has 1 aliphatic carbocycles. The van der Waals surface area contributed by atoms with Gasteiger partial charge in [0.1, 0.15) is 0 Å². The van der Waals surface area contributed by atoms with Gasteiger partial charge in [-0.2, -0.15) is 0 Å². The van der Waals surface area contributed by atoms with E-state index in [9.17, 15) is 4.79 Å². The van der Waals surface area contributed by atoms with E-state index < -0.39 is 0 Å². The summed E-state index contributed by atoms with van der Waals surface area (Å²) in [5.74, 6) is 0.911. The number of nitrogens with one attached hydrogen (secondary N) is 1. The highest BCUT2D eigenvalue weighted by molar-refractivity contribution is 5.90. The first-order chi connectivity index (χ1) is 11.2. The van der Waals surface area contributed by atoms with Crippen LogP contribution in [0.3, 0.4) is 0 Å². The van der Waals surface area contributed by atoms with Gasteiger partial charge in [0.25, 0.3) is 0 Å². The Hall–Kier alpha value is -1.59. The van der Waals surface area contributed by atoms with Crippen LogP contribution in [0.15, 0.2) is 24.3 Å². The molecule has 2 amide bonds. The van der Waals surface area contributed by atoms with E-state index in [4.69, 9.17) is 4.74 Å². The summed E-state index contributed by atoms with van der Waals surface area (Å²) in [6.07, 6.45) is 3.09. The zero-order valence-corrected chi connectivity index (χ0v) is 13.7. The summed E-state index contributed by atoms with van der Waals surface area (Å²) in [6.45, 7) is 6.53. The van der Waals surface area contributed by atoms with Crippen LogP contribution in [0, 0.1) is 12.8 Å². The normalized spacial score (nSPS) is 27.8. The first-order valence-electron chi connectivity index (χ1n) is 8.67. The van der Waals surface area contributed by atoms with Crippen molar-refractivity contribution in [3.8, 4) is 0 Å². The quantitative estimate of drug-likeness (QED) is 0.931. The van der Waals surface area contributed by atoms with Crippen molar-refractivity contribution in [1.29, 1.82) is 0 Å². The fraction of sp³-hybridized carbons (Fsp3) is 0.611. The Labute approximate surface area is 137 Å². The van der Waals surface area contributed by atoms with Crippen LogP contribution in [0.5, 0.6) is 0 Å². The number of hydrogen-bond acceptors (Lipinski definition) is 3. The second-order valence-electron chi connectivity index (χ2n) is 7.19. The zero-order chi connectivity index (χ0) is 15.8. The highest BCUT2D eigenvalue weighted by atomic mass is 16.5. The number of nitrogens with zero attached hydrogens (tertiary/aromatic N) is 2. The summed E-state index contributed by atoms with van der Waals surface area (Å²) in [5, 5.41) is 3.04. The average molecular weight is 315 g/mol. The lowest BCUT2D eigenvalue weighted by Crippen LogP contribution is -2.61. The molecule has 1 N–H and O–H groups in total. The molecule has 3 aliphatic rings. The van der Waals surface area contributed by atoms with Crippen molar-refractivity contribution < 1.29 is 9.53 Å². The summed E-state index contributed by atoms with van der Waals surface area (Å²) in [4.78, 5) is 17.0. The SMILES string of the molecule is Cc1ccccc1NC(=O)N1C[C@H]2CN(CC3CC3)C[C@@H](C1)O2. The van der Waals surface area contributed by atoms with Gasteiger partial charge in [0.15, 0.2) is 0 Å². The van der Waals surface area contributed by atoms with E-state index in [2.05, 4.69) is 10.2 Å². The summed E-state index contributed by atoms with van der Waals surface area (Å²) in [5.41, 5.74) is 1.98. The fourth-order valence-electron chi connectivity index (χ4n) is 3.66. The maximum atomic E-state index is 12.6. The Kier molecular flexibility index (Phi) is 3.99. The zero-order valence-electron chi connectivity index (χ0n) is 13.7. The number of para-hydroxylation sites is 1. The highest BCUT2D eigenvalue weighted by Gasteiger charge is 2.38. The van der Waals surface area contributed by atoms with E-state index in [1.807, 2.05) is 36.1 Å². The van der Waals surface area contributed by atoms with E-state index in [0.29, 0.717) is 13.1 Å². The van der Waals surface area contributed by atoms with Crippen LogP contribution in [-0.2, 0) is 4.74 Å². The first kappa shape index (κ1) is 15.0. The van der Waals surface area contributed by atoms with Gasteiger partial charge in [-0.05, 0) is 37.3 Å². The number of fused-ring (bicyclic) bond motifs is 2. The molecule has 2 saturated heterocycles. The number of aryl methyl sites for hydroxylation is 1. The highest BCUT2D eigenvalue weighted by Crippen LogP contribution is 2.31. The van der Waals surface area contributed by atoms with Crippen LogP contribution in [0.4, 0.5) is 10.5 Å². The topological polar surface area (TPSA) is 44.8 Å². The Bertz CT molecular complexity index is 573. The van der Waals surface area contributed by atoms with Gasteiger partial charge >= 0.3 is 6.03 Å². The lowest BCUT2D eigenvalue weighted by Gasteiger charge is -2.45. The summed E-state index contributed by atoms with van der Waals surface area (Å²) >= 11 is 0. The molecule has 4 rings (SSSR count). The Morgan fingerprint density at radius 1 is 1.17 bits per heavy atom. The molecule has 124 valence electrons. The van der Waals surface area contributed by atoms with E-state index in [1.54, 1.807) is 0 Å². The second-order valence-corrected chi connectivity index (χ2v) is 7.19. The summed E-state index contributed by atoms with van der Waals surface area (Å²) in [7, 11) is 0. The van der Waals surface area contributed by atoms with E-state index >= 15 is 0 Å². The predicted molar refractivity (Wildman–Crippen MR) is 89.6 cm³/mol. The van der Waals surface area contributed by atoms with Gasteiger partial charge in [-0.15, -0.1) is 0 Å². The lowest BCUT2D eigenvalue weighted by molar-refractivity contribution is -0.128. The number of benzene rings is 1. The number of morpholine rings is 2. The predicted octanol–water partition coefficient (Wildman–Crippen LogP) is 2.32. The van der Waals surface area contributed by atoms with Gasteiger partial charge in [0.05, 0.1) is 12.2 Å². The first-order valence-corrected chi connectivity index (χ1v) is 8.67. The molecule has 2 heterocycles. The average Bonchev–Trinajstić information content (AvgIpc) is 3.32. The van der Waals surface area contributed by atoms with Crippen LogP contribution in [0.2, 0.25) is 0 Å². The Morgan fingerprint density at radius 2 is 1.87 bits per heavy atom. The van der Waals surface area contributed by atoms with Gasteiger partial charge in [-0.3, -0.25) is 4.90 Å². The number of ether oxygens (including phenoxy) is 1. The maximum absolute atomic E-state index is 12.6. The van der Waals surface area contributed by atoms with E-state index in [1.165, 1.54) is 19.4 Å². The Morgan fingerprint density at radius 3 is 2.52 bits per heavy atom. The van der Waals surface area contributed by atoms with Crippen molar-refractivity contribution in [2.45, 2.75) is 32.0 Å². The van der Waals surface area contributed by atoms with Crippen LogP contribution >= 0.6 is 0 Å². The molecule has 1 aromatic rings. The largest absolute Gasteiger partial charge is 0.369 e. The molecular formula is C18H25N3O2. The third-order valence-electron chi connectivity index (χ3n) is 5.04. The number of rotatable bonds is 3.